The molecule has 0 spiro atoms. The van der Waals surface area contributed by atoms with Crippen LogP contribution in [0.3, 0.4) is 0 Å². The molecule has 0 saturated carbocycles. The van der Waals surface area contributed by atoms with Crippen LogP contribution in [-0.2, 0) is 0 Å². The number of ether oxygens (including phenoxy) is 4. The van der Waals surface area contributed by atoms with Crippen molar-refractivity contribution in [2.24, 2.45) is 0 Å². The number of hydrogen-bond donors (Lipinski definition) is 0. The maximum Gasteiger partial charge on any atom is 0.163 e. The van der Waals surface area contributed by atoms with Gasteiger partial charge in [0.1, 0.15) is 0 Å². The summed E-state index contributed by atoms with van der Waals surface area (Å²) in [5, 5.41) is 2.21. The van der Waals surface area contributed by atoms with E-state index in [9.17, 15) is 0 Å². The molecule has 1 aromatic rings. The van der Waals surface area contributed by atoms with Crippen molar-refractivity contribution in [3.8, 4) is 23.0 Å². The predicted molar refractivity (Wildman–Crippen MR) is 98.6 cm³/mol. The second kappa shape index (κ2) is 6.54. The van der Waals surface area contributed by atoms with Crippen molar-refractivity contribution in [2.75, 3.05) is 28.4 Å². The third-order valence-corrected chi connectivity index (χ3v) is 7.55. The van der Waals surface area contributed by atoms with Gasteiger partial charge >= 0.3 is 0 Å². The molecule has 0 amide bonds. The number of hydrogen-bond acceptors (Lipinski definition) is 4. The Morgan fingerprint density at radius 2 is 0.636 bits per heavy atom. The van der Waals surface area contributed by atoms with Crippen molar-refractivity contribution >= 4 is 26.5 Å². The lowest BCUT2D eigenvalue weighted by molar-refractivity contribution is 0.337. The average molecular weight is 343 g/mol. The molecule has 22 heavy (non-hydrogen) atoms. The summed E-state index contributed by atoms with van der Waals surface area (Å²) in [5.41, 5.74) is 0. The monoisotopic (exact) mass is 342 g/mol. The lowest BCUT2D eigenvalue weighted by Crippen LogP contribution is -2.45. The molecular weight excluding hydrogens is 312 g/mol. The number of methoxy groups -OCH3 is 4. The summed E-state index contributed by atoms with van der Waals surface area (Å²) >= 11 is 0. The van der Waals surface area contributed by atoms with Gasteiger partial charge in [0, 0.05) is 10.4 Å². The minimum Gasteiger partial charge on any atom is -0.493 e. The van der Waals surface area contributed by atoms with E-state index in [-0.39, 0.29) is 0 Å². The van der Waals surface area contributed by atoms with Crippen LogP contribution in [0.25, 0.3) is 0 Å². The molecule has 0 radical (unpaired) electrons. The molecule has 126 valence electrons. The van der Waals surface area contributed by atoms with E-state index < -0.39 is 16.1 Å². The van der Waals surface area contributed by atoms with E-state index in [1.54, 1.807) is 28.4 Å². The van der Waals surface area contributed by atoms with E-state index in [2.05, 4.69) is 39.3 Å². The molecule has 0 aliphatic rings. The second-order valence-electron chi connectivity index (χ2n) is 7.38. The van der Waals surface area contributed by atoms with Gasteiger partial charge in [0.25, 0.3) is 0 Å². The third-order valence-electron chi connectivity index (χ3n) is 3.64. The zero-order valence-corrected chi connectivity index (χ0v) is 17.6. The summed E-state index contributed by atoms with van der Waals surface area (Å²) in [4.78, 5) is 0. The second-order valence-corrected chi connectivity index (χ2v) is 17.4. The zero-order chi connectivity index (χ0) is 17.3. The standard InChI is InChI=1S/C16H30O4Si2/c1-17-11-12(18-2)16(22(8,9)10)14(20-4)13(19-3)15(11)21(5,6)7/h1-10H3. The van der Waals surface area contributed by atoms with Crippen LogP contribution in [0, 0.1) is 0 Å². The first-order valence-electron chi connectivity index (χ1n) is 7.45. The van der Waals surface area contributed by atoms with Crippen molar-refractivity contribution in [1.29, 1.82) is 0 Å². The summed E-state index contributed by atoms with van der Waals surface area (Å²) in [5.74, 6) is 3.21. The Balaban J connectivity index is 4.07. The maximum atomic E-state index is 5.77. The average Bonchev–Trinajstić information content (AvgIpc) is 2.41. The van der Waals surface area contributed by atoms with Gasteiger partial charge in [0.15, 0.2) is 23.0 Å². The highest BCUT2D eigenvalue weighted by atomic mass is 28.3. The molecule has 0 aliphatic heterocycles. The largest absolute Gasteiger partial charge is 0.493 e. The van der Waals surface area contributed by atoms with Crippen LogP contribution >= 0.6 is 0 Å². The quantitative estimate of drug-likeness (QED) is 0.745. The molecule has 0 fully saturated rings. The van der Waals surface area contributed by atoms with Crippen molar-refractivity contribution in [1.82, 2.24) is 0 Å². The Morgan fingerprint density at radius 1 is 0.455 bits per heavy atom. The van der Waals surface area contributed by atoms with Crippen molar-refractivity contribution in [3.05, 3.63) is 0 Å². The minimum absolute atomic E-state index is 0.803. The van der Waals surface area contributed by atoms with Gasteiger partial charge in [-0.3, -0.25) is 0 Å². The van der Waals surface area contributed by atoms with Crippen LogP contribution in [0.1, 0.15) is 0 Å². The smallest absolute Gasteiger partial charge is 0.163 e. The fourth-order valence-corrected chi connectivity index (χ4v) is 6.39. The van der Waals surface area contributed by atoms with Crippen molar-refractivity contribution in [3.63, 3.8) is 0 Å². The lowest BCUT2D eigenvalue weighted by atomic mass is 10.2. The lowest BCUT2D eigenvalue weighted by Gasteiger charge is -2.31. The van der Waals surface area contributed by atoms with Crippen LogP contribution < -0.4 is 29.3 Å². The van der Waals surface area contributed by atoms with Crippen LogP contribution in [0.4, 0.5) is 0 Å². The summed E-state index contributed by atoms with van der Waals surface area (Å²) in [6.45, 7) is 13.6. The Bertz CT molecular complexity index is 461. The summed E-state index contributed by atoms with van der Waals surface area (Å²) in [6.07, 6.45) is 0. The first-order valence-corrected chi connectivity index (χ1v) is 14.4. The van der Waals surface area contributed by atoms with E-state index in [0.29, 0.717) is 0 Å². The number of rotatable bonds is 6. The van der Waals surface area contributed by atoms with Gasteiger partial charge in [-0.2, -0.15) is 0 Å². The van der Waals surface area contributed by atoms with Gasteiger partial charge in [-0.25, -0.2) is 0 Å². The van der Waals surface area contributed by atoms with E-state index >= 15 is 0 Å². The highest BCUT2D eigenvalue weighted by molar-refractivity contribution is 6.92. The van der Waals surface area contributed by atoms with Crippen molar-refractivity contribution < 1.29 is 18.9 Å². The van der Waals surface area contributed by atoms with Gasteiger partial charge < -0.3 is 18.9 Å². The predicted octanol–water partition coefficient (Wildman–Crippen LogP) is 2.81. The van der Waals surface area contributed by atoms with Gasteiger partial charge in [0.05, 0.1) is 44.6 Å². The van der Waals surface area contributed by atoms with Gasteiger partial charge in [-0.1, -0.05) is 39.3 Å². The van der Waals surface area contributed by atoms with Crippen molar-refractivity contribution in [2.45, 2.75) is 39.3 Å². The zero-order valence-electron chi connectivity index (χ0n) is 15.6. The maximum absolute atomic E-state index is 5.77. The first-order chi connectivity index (χ1) is 10.0. The molecule has 0 N–H and O–H groups in total. The molecule has 1 rings (SSSR count). The normalized spacial score (nSPS) is 12.1. The minimum atomic E-state index is -1.74. The summed E-state index contributed by atoms with van der Waals surface area (Å²) in [7, 11) is 3.31. The number of benzene rings is 1. The van der Waals surface area contributed by atoms with E-state index in [4.69, 9.17) is 18.9 Å². The molecule has 4 nitrogen and oxygen atoms in total. The molecule has 0 saturated heterocycles. The van der Waals surface area contributed by atoms with Gasteiger partial charge in [-0.05, 0) is 0 Å². The van der Waals surface area contributed by atoms with Gasteiger partial charge in [-0.15, -0.1) is 0 Å². The Morgan fingerprint density at radius 3 is 0.727 bits per heavy atom. The Hall–Kier alpha value is -1.15. The van der Waals surface area contributed by atoms with E-state index in [1.165, 1.54) is 0 Å². The van der Waals surface area contributed by atoms with E-state index in [0.717, 1.165) is 33.4 Å². The fourth-order valence-electron chi connectivity index (χ4n) is 2.80. The van der Waals surface area contributed by atoms with Crippen LogP contribution in [0.15, 0.2) is 0 Å². The molecule has 0 aromatic heterocycles. The highest BCUT2D eigenvalue weighted by Gasteiger charge is 2.38. The summed E-state index contributed by atoms with van der Waals surface area (Å²) < 4.78 is 23.1. The Kier molecular flexibility index (Phi) is 5.62. The molecule has 1 aromatic carbocycles. The SMILES string of the molecule is COc1c(OC)c([Si](C)(C)C)c(OC)c(OC)c1[Si](C)(C)C. The molecule has 0 heterocycles. The molecule has 0 bridgehead atoms. The topological polar surface area (TPSA) is 36.9 Å². The molecule has 6 heteroatoms. The first kappa shape index (κ1) is 18.9. The molecule has 0 atom stereocenters. The molecule has 0 unspecified atom stereocenters. The summed E-state index contributed by atoms with van der Waals surface area (Å²) in [6, 6.07) is 0. The van der Waals surface area contributed by atoms with Crippen LogP contribution in [-0.4, -0.2) is 44.6 Å². The van der Waals surface area contributed by atoms with E-state index in [1.807, 2.05) is 0 Å². The molecule has 0 aliphatic carbocycles. The van der Waals surface area contributed by atoms with Crippen LogP contribution in [0.5, 0.6) is 23.0 Å². The van der Waals surface area contributed by atoms with Gasteiger partial charge in [0.2, 0.25) is 0 Å². The molecular formula is C16H30O4Si2. The van der Waals surface area contributed by atoms with Crippen LogP contribution in [0.2, 0.25) is 39.3 Å². The Labute approximate surface area is 136 Å². The highest BCUT2D eigenvalue weighted by Crippen LogP contribution is 2.39. The fraction of sp³-hybridized carbons (Fsp3) is 0.625. The third kappa shape index (κ3) is 3.27.